The number of aromatic nitrogens is 3. The summed E-state index contributed by atoms with van der Waals surface area (Å²) in [4.78, 5) is 15.6. The minimum atomic E-state index is 0.259. The van der Waals surface area contributed by atoms with Gasteiger partial charge in [-0.2, -0.15) is 10.5 Å². The lowest BCUT2D eigenvalue weighted by Crippen LogP contribution is -2.43. The zero-order valence-corrected chi connectivity index (χ0v) is 34.8. The van der Waals surface area contributed by atoms with E-state index < -0.39 is 0 Å². The topological polar surface area (TPSA) is 86.2 Å². The quantitative estimate of drug-likeness (QED) is 0.157. The molecular formula is C53H57N5. The van der Waals surface area contributed by atoms with Gasteiger partial charge in [-0.3, -0.25) is 0 Å². The van der Waals surface area contributed by atoms with Gasteiger partial charge < -0.3 is 0 Å². The molecule has 294 valence electrons. The lowest BCUT2D eigenvalue weighted by Gasteiger charge is -2.51. The first-order chi connectivity index (χ1) is 28.2. The minimum Gasteiger partial charge on any atom is -0.208 e. The average molecular weight is 764 g/mol. The van der Waals surface area contributed by atoms with Crippen LogP contribution in [0.4, 0.5) is 0 Å². The fourth-order valence-corrected chi connectivity index (χ4v) is 12.8. The van der Waals surface area contributed by atoms with Gasteiger partial charge in [-0.15, -0.1) is 0 Å². The van der Waals surface area contributed by atoms with E-state index in [-0.39, 0.29) is 10.8 Å². The first-order valence-corrected chi connectivity index (χ1v) is 22.2. The van der Waals surface area contributed by atoms with Crippen LogP contribution in [0.15, 0.2) is 91.0 Å². The summed E-state index contributed by atoms with van der Waals surface area (Å²) in [6.45, 7) is 9.67. The van der Waals surface area contributed by atoms with Crippen molar-refractivity contribution in [3.8, 4) is 57.4 Å². The molecule has 4 fully saturated rings. The van der Waals surface area contributed by atoms with Gasteiger partial charge in [-0.25, -0.2) is 15.0 Å². The van der Waals surface area contributed by atoms with Gasteiger partial charge in [-0.05, 0) is 157 Å². The van der Waals surface area contributed by atoms with Crippen molar-refractivity contribution in [1.82, 2.24) is 15.0 Å². The number of hydrogen-bond donors (Lipinski definition) is 0. The summed E-state index contributed by atoms with van der Waals surface area (Å²) >= 11 is 0. The van der Waals surface area contributed by atoms with Crippen LogP contribution in [0.2, 0.25) is 0 Å². The van der Waals surface area contributed by atoms with Gasteiger partial charge in [0.15, 0.2) is 17.5 Å². The Kier molecular flexibility index (Phi) is 10.3. The molecule has 4 bridgehead atoms. The number of nitriles is 2. The molecule has 8 atom stereocenters. The highest BCUT2D eigenvalue weighted by Crippen LogP contribution is 2.56. The molecule has 5 aromatic rings. The van der Waals surface area contributed by atoms with Crippen LogP contribution in [0.25, 0.3) is 45.3 Å². The molecule has 4 aliphatic carbocycles. The molecule has 5 unspecified atom stereocenters. The van der Waals surface area contributed by atoms with E-state index in [2.05, 4.69) is 94.4 Å². The van der Waals surface area contributed by atoms with E-state index in [1.54, 1.807) is 6.07 Å². The Morgan fingerprint density at radius 2 is 0.948 bits per heavy atom. The van der Waals surface area contributed by atoms with Crippen molar-refractivity contribution in [2.75, 3.05) is 0 Å². The van der Waals surface area contributed by atoms with Crippen molar-refractivity contribution in [3.05, 3.63) is 113 Å². The van der Waals surface area contributed by atoms with Crippen molar-refractivity contribution in [1.29, 1.82) is 10.5 Å². The van der Waals surface area contributed by atoms with Gasteiger partial charge in [0, 0.05) is 16.7 Å². The Labute approximate surface area is 346 Å². The Bertz CT molecular complexity index is 2310. The highest BCUT2D eigenvalue weighted by molar-refractivity contribution is 5.74. The molecule has 5 heteroatoms. The number of rotatable bonds is 8. The molecule has 0 saturated heterocycles. The summed E-state index contributed by atoms with van der Waals surface area (Å²) < 4.78 is 0. The second-order valence-electron chi connectivity index (χ2n) is 19.3. The number of hydrogen-bond acceptors (Lipinski definition) is 5. The van der Waals surface area contributed by atoms with E-state index in [0.717, 1.165) is 63.3 Å². The second-order valence-corrected chi connectivity index (χ2v) is 19.3. The molecule has 9 rings (SSSR count). The minimum absolute atomic E-state index is 0.259. The van der Waals surface area contributed by atoms with E-state index in [4.69, 9.17) is 15.0 Å². The van der Waals surface area contributed by atoms with Crippen LogP contribution >= 0.6 is 0 Å². The third-order valence-electron chi connectivity index (χ3n) is 14.9. The molecule has 0 N–H and O–H groups in total. The Morgan fingerprint density at radius 1 is 0.500 bits per heavy atom. The third kappa shape index (κ3) is 7.39. The molecule has 4 aliphatic rings. The third-order valence-corrected chi connectivity index (χ3v) is 14.9. The average Bonchev–Trinajstić information content (AvgIpc) is 3.25. The number of nitrogens with zero attached hydrogens (tertiary/aromatic N) is 5. The number of fused-ring (bicyclic) bond motifs is 4. The molecular weight excluding hydrogens is 707 g/mol. The molecule has 4 saturated carbocycles. The highest BCUT2D eigenvalue weighted by atomic mass is 15.0. The van der Waals surface area contributed by atoms with Crippen LogP contribution in [0.1, 0.15) is 127 Å². The predicted molar refractivity (Wildman–Crippen MR) is 233 cm³/mol. The summed E-state index contributed by atoms with van der Waals surface area (Å²) in [6, 6.07) is 36.3. The summed E-state index contributed by atoms with van der Waals surface area (Å²) in [5.74, 6) is 6.75. The van der Waals surface area contributed by atoms with Crippen molar-refractivity contribution < 1.29 is 0 Å². The Hall–Kier alpha value is -5.13. The largest absolute Gasteiger partial charge is 0.208 e. The molecule has 1 heterocycles. The maximum absolute atomic E-state index is 9.69. The lowest BCUT2D eigenvalue weighted by atomic mass is 9.53. The van der Waals surface area contributed by atoms with Crippen molar-refractivity contribution in [2.24, 2.45) is 35.5 Å². The smallest absolute Gasteiger partial charge is 0.164 e. The van der Waals surface area contributed by atoms with E-state index in [1.165, 1.54) is 88.2 Å². The van der Waals surface area contributed by atoms with Gasteiger partial charge >= 0.3 is 0 Å². The fourth-order valence-electron chi connectivity index (χ4n) is 12.8. The molecule has 0 amide bonds. The van der Waals surface area contributed by atoms with Crippen LogP contribution in [-0.4, -0.2) is 15.0 Å². The van der Waals surface area contributed by atoms with Crippen molar-refractivity contribution >= 4 is 0 Å². The maximum Gasteiger partial charge on any atom is 0.164 e. The van der Waals surface area contributed by atoms with Gasteiger partial charge in [0.05, 0.1) is 23.3 Å². The maximum atomic E-state index is 9.69. The Morgan fingerprint density at radius 3 is 1.43 bits per heavy atom. The van der Waals surface area contributed by atoms with Crippen LogP contribution < -0.4 is 0 Å². The molecule has 0 radical (unpaired) electrons. The lowest BCUT2D eigenvalue weighted by molar-refractivity contribution is 0.0629. The zero-order chi connectivity index (χ0) is 40.0. The molecule has 0 spiro atoms. The Balaban J connectivity index is 1.11. The van der Waals surface area contributed by atoms with E-state index in [1.807, 2.05) is 30.3 Å². The van der Waals surface area contributed by atoms with E-state index in [0.29, 0.717) is 28.6 Å². The van der Waals surface area contributed by atoms with Crippen LogP contribution in [0.3, 0.4) is 0 Å². The van der Waals surface area contributed by atoms with Crippen LogP contribution in [0.5, 0.6) is 0 Å². The van der Waals surface area contributed by atoms with Crippen molar-refractivity contribution in [3.63, 3.8) is 0 Å². The van der Waals surface area contributed by atoms with Crippen LogP contribution in [0, 0.1) is 58.2 Å². The van der Waals surface area contributed by atoms with Gasteiger partial charge in [0.1, 0.15) is 0 Å². The zero-order valence-electron chi connectivity index (χ0n) is 34.8. The van der Waals surface area contributed by atoms with E-state index >= 15 is 0 Å². The summed E-state index contributed by atoms with van der Waals surface area (Å²) in [7, 11) is 0. The fraction of sp³-hybridized carbons (Fsp3) is 0.453. The predicted octanol–water partition coefficient (Wildman–Crippen LogP) is 13.3. The molecule has 58 heavy (non-hydrogen) atoms. The van der Waals surface area contributed by atoms with Gasteiger partial charge in [0.25, 0.3) is 0 Å². The normalized spacial score (nSPS) is 28.9. The van der Waals surface area contributed by atoms with Gasteiger partial charge in [-0.1, -0.05) is 107 Å². The van der Waals surface area contributed by atoms with Crippen molar-refractivity contribution in [2.45, 2.75) is 116 Å². The molecule has 1 aromatic heterocycles. The highest BCUT2D eigenvalue weighted by Gasteiger charge is 2.47. The standard InChI is InChI=1S/C53H57N5/c1-5-36-20-39-21-37(6-2)29-53(28-36,31-39)48-16-12-43(13-17-48)50-56-49(42-10-14-47(15-11-42)52-26-34(3)18-38(30-52)19-35(4)27-52)57-51(58-50)45-9-7-8-44(25-45)46-23-40(32-54)22-41(24-46)33-55/h7-17,22-25,34-39H,5-6,18-21,26-31H2,1-4H3/t34-,35?,36-,37+,38?,39?,52?,53?/m0/s1. The van der Waals surface area contributed by atoms with E-state index in [9.17, 15) is 10.5 Å². The first kappa shape index (κ1) is 38.4. The SMILES string of the molecule is CC[C@@H]1CC2C[C@H](CC)CC(c3ccc(-c4nc(-c5ccc(C67CC(C)CC(C[C@H](C)C6)C7)cc5)nc(-c5cccc(-c6cc(C#N)cc(C#N)c6)c5)n4)cc3)(C2)C1. The first-order valence-electron chi connectivity index (χ1n) is 22.2. The molecule has 0 aliphatic heterocycles. The molecule has 4 aromatic carbocycles. The summed E-state index contributed by atoms with van der Waals surface area (Å²) in [5, 5.41) is 19.4. The van der Waals surface area contributed by atoms with Gasteiger partial charge in [0.2, 0.25) is 0 Å². The molecule has 5 nitrogen and oxygen atoms in total. The number of benzene rings is 4. The summed E-state index contributed by atoms with van der Waals surface area (Å²) in [6.07, 6.45) is 15.8. The summed E-state index contributed by atoms with van der Waals surface area (Å²) in [5.41, 5.74) is 8.97. The van der Waals surface area contributed by atoms with Crippen LogP contribution in [-0.2, 0) is 10.8 Å². The monoisotopic (exact) mass is 763 g/mol. The second kappa shape index (κ2) is 15.6.